The molecule has 30 heavy (non-hydrogen) atoms. The van der Waals surface area contributed by atoms with Crippen molar-refractivity contribution in [3.63, 3.8) is 0 Å². The van der Waals surface area contributed by atoms with Gasteiger partial charge in [-0.25, -0.2) is 0 Å². The molecule has 2 bridgehead atoms. The van der Waals surface area contributed by atoms with Crippen LogP contribution in [0.5, 0.6) is 0 Å². The molecule has 1 N–H and O–H groups in total. The summed E-state index contributed by atoms with van der Waals surface area (Å²) < 4.78 is 11.6. The van der Waals surface area contributed by atoms with Gasteiger partial charge in [-0.05, 0) is 49.4 Å². The highest BCUT2D eigenvalue weighted by Crippen LogP contribution is 2.71. The van der Waals surface area contributed by atoms with Gasteiger partial charge >= 0.3 is 11.9 Å². The standard InChI is InChI=1S/C24H36O6/c1-12-15-9-17(29-13(2)25)20-23(6)8-7-18(30-14(3)26)22(4,5)19(23)16(27)11-24(20,10-15)21(12)28/h12,15-20,27H,7-11H2,1-6H3/t12-,15+,16+,17+,18-,19?,20+,23-,24+/m1/s1. The maximum Gasteiger partial charge on any atom is 0.302 e. The van der Waals surface area contributed by atoms with E-state index in [4.69, 9.17) is 9.47 Å². The van der Waals surface area contributed by atoms with Crippen LogP contribution < -0.4 is 0 Å². The summed E-state index contributed by atoms with van der Waals surface area (Å²) in [4.78, 5) is 37.3. The van der Waals surface area contributed by atoms with Gasteiger partial charge < -0.3 is 14.6 Å². The lowest BCUT2D eigenvalue weighted by Crippen LogP contribution is -2.68. The van der Waals surface area contributed by atoms with Gasteiger partial charge in [-0.15, -0.1) is 0 Å². The summed E-state index contributed by atoms with van der Waals surface area (Å²) in [5.74, 6) is -0.509. The normalized spacial score (nSPS) is 49.0. The molecule has 1 unspecified atom stereocenters. The van der Waals surface area contributed by atoms with Crippen molar-refractivity contribution in [2.75, 3.05) is 0 Å². The number of aliphatic hydroxyl groups is 1. The molecule has 6 heteroatoms. The molecule has 0 aromatic rings. The molecule has 0 aromatic heterocycles. The first-order chi connectivity index (χ1) is 13.8. The topological polar surface area (TPSA) is 89.9 Å². The highest BCUT2D eigenvalue weighted by molar-refractivity contribution is 5.90. The molecule has 0 amide bonds. The van der Waals surface area contributed by atoms with Crippen molar-refractivity contribution in [1.29, 1.82) is 0 Å². The zero-order valence-corrected chi connectivity index (χ0v) is 19.1. The van der Waals surface area contributed by atoms with E-state index in [-0.39, 0.29) is 59.0 Å². The second-order valence-electron chi connectivity index (χ2n) is 11.3. The van der Waals surface area contributed by atoms with Crippen molar-refractivity contribution >= 4 is 17.7 Å². The molecule has 4 saturated carbocycles. The number of rotatable bonds is 2. The van der Waals surface area contributed by atoms with Gasteiger partial charge in [-0.1, -0.05) is 27.7 Å². The number of esters is 2. The van der Waals surface area contributed by atoms with E-state index in [1.807, 2.05) is 6.92 Å². The smallest absolute Gasteiger partial charge is 0.302 e. The van der Waals surface area contributed by atoms with Crippen LogP contribution in [0.4, 0.5) is 0 Å². The van der Waals surface area contributed by atoms with Gasteiger partial charge in [0.15, 0.2) is 0 Å². The zero-order chi connectivity index (χ0) is 22.2. The number of ketones is 1. The first-order valence-electron chi connectivity index (χ1n) is 11.4. The van der Waals surface area contributed by atoms with Crippen LogP contribution in [0.15, 0.2) is 0 Å². The van der Waals surface area contributed by atoms with E-state index >= 15 is 0 Å². The quantitative estimate of drug-likeness (QED) is 0.690. The van der Waals surface area contributed by atoms with Crippen LogP contribution in [0.1, 0.15) is 73.6 Å². The SMILES string of the molecule is CC(=O)O[C@H]1C[C@H]2C[C@@]3(C[C@H](O)C4C(C)(C)[C@H](OC(C)=O)CC[C@@]4(C)[C@H]13)C(=O)[C@@H]2C. The Morgan fingerprint density at radius 2 is 1.67 bits per heavy atom. The van der Waals surface area contributed by atoms with Crippen LogP contribution in [0, 0.1) is 39.9 Å². The number of fused-ring (bicyclic) bond motifs is 3. The van der Waals surface area contributed by atoms with Crippen molar-refractivity contribution in [1.82, 2.24) is 0 Å². The minimum absolute atomic E-state index is 0.0641. The average molecular weight is 421 g/mol. The molecular formula is C24H36O6. The number of carbonyl (C=O) groups is 3. The van der Waals surface area contributed by atoms with Crippen LogP contribution in [0.3, 0.4) is 0 Å². The monoisotopic (exact) mass is 420 g/mol. The number of ether oxygens (including phenoxy) is 2. The Labute approximate surface area is 179 Å². The summed E-state index contributed by atoms with van der Waals surface area (Å²) in [6.07, 6.45) is 2.06. The Morgan fingerprint density at radius 3 is 2.27 bits per heavy atom. The van der Waals surface area contributed by atoms with Crippen LogP contribution in [0.25, 0.3) is 0 Å². The van der Waals surface area contributed by atoms with Gasteiger partial charge in [0.1, 0.15) is 18.0 Å². The second-order valence-corrected chi connectivity index (χ2v) is 11.3. The second kappa shape index (κ2) is 6.78. The summed E-state index contributed by atoms with van der Waals surface area (Å²) >= 11 is 0. The molecule has 1 spiro atoms. The predicted molar refractivity (Wildman–Crippen MR) is 109 cm³/mol. The van der Waals surface area contributed by atoms with Crippen LogP contribution in [-0.4, -0.2) is 41.1 Å². The van der Waals surface area contributed by atoms with E-state index < -0.39 is 16.9 Å². The summed E-state index contributed by atoms with van der Waals surface area (Å²) in [5.41, 5.74) is -1.47. The number of Topliss-reactive ketones (excluding diaryl/α,β-unsaturated/α-hetero) is 1. The lowest BCUT2D eigenvalue weighted by Gasteiger charge is -2.66. The van der Waals surface area contributed by atoms with Crippen molar-refractivity contribution in [2.45, 2.75) is 92.0 Å². The number of aliphatic hydroxyl groups excluding tert-OH is 1. The minimum atomic E-state index is -0.661. The summed E-state index contributed by atoms with van der Waals surface area (Å²) in [5, 5.41) is 11.5. The van der Waals surface area contributed by atoms with Gasteiger partial charge in [-0.3, -0.25) is 14.4 Å². The van der Waals surface area contributed by atoms with Gasteiger partial charge in [0.2, 0.25) is 0 Å². The van der Waals surface area contributed by atoms with Crippen molar-refractivity contribution in [3.05, 3.63) is 0 Å². The van der Waals surface area contributed by atoms with Gasteiger partial charge in [0.05, 0.1) is 6.10 Å². The van der Waals surface area contributed by atoms with Crippen LogP contribution in [-0.2, 0) is 23.9 Å². The van der Waals surface area contributed by atoms with E-state index in [1.165, 1.54) is 13.8 Å². The number of hydrogen-bond acceptors (Lipinski definition) is 6. The summed E-state index contributed by atoms with van der Waals surface area (Å²) in [6.45, 7) is 11.2. The Balaban J connectivity index is 1.81. The van der Waals surface area contributed by atoms with Crippen molar-refractivity contribution in [3.8, 4) is 0 Å². The van der Waals surface area contributed by atoms with Crippen molar-refractivity contribution < 1.29 is 29.0 Å². The zero-order valence-electron chi connectivity index (χ0n) is 19.1. The van der Waals surface area contributed by atoms with E-state index in [0.29, 0.717) is 19.3 Å². The Kier molecular flexibility index (Phi) is 4.93. The molecule has 4 rings (SSSR count). The third-order valence-corrected chi connectivity index (χ3v) is 9.32. The predicted octanol–water partition coefficient (Wildman–Crippen LogP) is 3.29. The highest BCUT2D eigenvalue weighted by Gasteiger charge is 2.73. The number of carbonyl (C=O) groups excluding carboxylic acids is 3. The van der Waals surface area contributed by atoms with Gasteiger partial charge in [0, 0.05) is 36.5 Å². The molecule has 4 aliphatic rings. The maximum atomic E-state index is 13.6. The molecular weight excluding hydrogens is 384 g/mol. The Morgan fingerprint density at radius 1 is 1.03 bits per heavy atom. The molecule has 4 fully saturated rings. The highest BCUT2D eigenvalue weighted by atomic mass is 16.5. The third-order valence-electron chi connectivity index (χ3n) is 9.32. The molecule has 0 radical (unpaired) electrons. The van der Waals surface area contributed by atoms with Crippen LogP contribution >= 0.6 is 0 Å². The molecule has 0 aromatic carbocycles. The molecule has 6 nitrogen and oxygen atoms in total. The molecule has 9 atom stereocenters. The third kappa shape index (κ3) is 2.81. The average Bonchev–Trinajstić information content (AvgIpc) is 2.77. The lowest BCUT2D eigenvalue weighted by atomic mass is 9.39. The largest absolute Gasteiger partial charge is 0.462 e. The maximum absolute atomic E-state index is 13.6. The summed E-state index contributed by atoms with van der Waals surface area (Å²) in [7, 11) is 0. The van der Waals surface area contributed by atoms with Crippen LogP contribution in [0.2, 0.25) is 0 Å². The lowest BCUT2D eigenvalue weighted by molar-refractivity contribution is -0.248. The first kappa shape index (κ1) is 21.8. The summed E-state index contributed by atoms with van der Waals surface area (Å²) in [6, 6.07) is 0. The molecule has 0 heterocycles. The van der Waals surface area contributed by atoms with E-state index in [2.05, 4.69) is 20.8 Å². The fourth-order valence-electron chi connectivity index (χ4n) is 8.67. The molecule has 0 aliphatic heterocycles. The first-order valence-corrected chi connectivity index (χ1v) is 11.4. The fourth-order valence-corrected chi connectivity index (χ4v) is 8.67. The minimum Gasteiger partial charge on any atom is -0.462 e. The molecule has 4 aliphatic carbocycles. The Hall–Kier alpha value is -1.43. The van der Waals surface area contributed by atoms with Gasteiger partial charge in [0.25, 0.3) is 0 Å². The van der Waals surface area contributed by atoms with Crippen molar-refractivity contribution in [2.24, 2.45) is 39.9 Å². The van der Waals surface area contributed by atoms with E-state index in [9.17, 15) is 19.5 Å². The van der Waals surface area contributed by atoms with E-state index in [0.717, 1.165) is 12.8 Å². The van der Waals surface area contributed by atoms with E-state index in [1.54, 1.807) is 0 Å². The molecule has 168 valence electrons. The fraction of sp³-hybridized carbons (Fsp3) is 0.875. The Bertz CT molecular complexity index is 774. The number of hydrogen-bond donors (Lipinski definition) is 1. The molecule has 0 saturated heterocycles. The van der Waals surface area contributed by atoms with Gasteiger partial charge in [-0.2, -0.15) is 0 Å².